The minimum Gasteiger partial charge on any atom is -0.485 e. The fraction of sp³-hybridized carbons (Fsp3) is 0.368. The second-order valence-electron chi connectivity index (χ2n) is 6.52. The molecule has 2 aromatic heterocycles. The fourth-order valence-electron chi connectivity index (χ4n) is 3.33. The van der Waals surface area contributed by atoms with Crippen molar-refractivity contribution in [2.24, 2.45) is 0 Å². The number of thiazole rings is 1. The first kappa shape index (κ1) is 16.9. The summed E-state index contributed by atoms with van der Waals surface area (Å²) < 4.78 is 8.07. The van der Waals surface area contributed by atoms with Crippen LogP contribution in [0.15, 0.2) is 42.0 Å². The van der Waals surface area contributed by atoms with Gasteiger partial charge in [0, 0.05) is 31.4 Å². The lowest BCUT2D eigenvalue weighted by molar-refractivity contribution is -0.130. The number of likely N-dealkylation sites (N-methyl/N-ethyl adjacent to an activating group) is 2. The van der Waals surface area contributed by atoms with E-state index in [1.807, 2.05) is 47.4 Å². The van der Waals surface area contributed by atoms with Crippen LogP contribution in [0, 0.1) is 0 Å². The molecule has 0 aliphatic carbocycles. The molecule has 0 N–H and O–H groups in total. The standard InChI is InChI=1S/C19H22N4O2S/c1-3-22-13-15(25-17-7-5-4-6-16(17)22)12-21(2)18(24)10-14-11-23-8-9-26-19(23)20-14/h4-9,11,15H,3,10,12-13H2,1-2H3/t15-/m1/s1. The van der Waals surface area contributed by atoms with Crippen molar-refractivity contribution >= 4 is 27.9 Å². The van der Waals surface area contributed by atoms with Crippen LogP contribution >= 0.6 is 11.3 Å². The molecular weight excluding hydrogens is 348 g/mol. The number of carbonyl (C=O) groups excluding carboxylic acids is 1. The molecule has 26 heavy (non-hydrogen) atoms. The summed E-state index contributed by atoms with van der Waals surface area (Å²) in [6.45, 7) is 4.40. The molecule has 1 aliphatic heterocycles. The van der Waals surface area contributed by atoms with Gasteiger partial charge in [-0.05, 0) is 19.1 Å². The molecule has 0 bridgehead atoms. The van der Waals surface area contributed by atoms with Crippen molar-refractivity contribution in [1.82, 2.24) is 14.3 Å². The molecule has 0 spiro atoms. The first-order valence-electron chi connectivity index (χ1n) is 8.79. The number of para-hydroxylation sites is 2. The maximum absolute atomic E-state index is 12.6. The summed E-state index contributed by atoms with van der Waals surface area (Å²) in [7, 11) is 1.83. The zero-order chi connectivity index (χ0) is 18.1. The third-order valence-corrected chi connectivity index (χ3v) is 5.45. The van der Waals surface area contributed by atoms with Gasteiger partial charge in [0.2, 0.25) is 5.91 Å². The zero-order valence-corrected chi connectivity index (χ0v) is 15.8. The SMILES string of the molecule is CCN1C[C@@H](CN(C)C(=O)Cc2cn3ccsc3n2)Oc2ccccc21. The molecule has 136 valence electrons. The Labute approximate surface area is 156 Å². The highest BCUT2D eigenvalue weighted by atomic mass is 32.1. The summed E-state index contributed by atoms with van der Waals surface area (Å²) >= 11 is 1.57. The van der Waals surface area contributed by atoms with Gasteiger partial charge in [-0.3, -0.25) is 9.20 Å². The largest absolute Gasteiger partial charge is 0.485 e. The number of ether oxygens (including phenoxy) is 1. The van der Waals surface area contributed by atoms with E-state index >= 15 is 0 Å². The Morgan fingerprint density at radius 1 is 1.42 bits per heavy atom. The Bertz CT molecular complexity index is 891. The van der Waals surface area contributed by atoms with Crippen molar-refractivity contribution in [3.05, 3.63) is 47.7 Å². The maximum Gasteiger partial charge on any atom is 0.228 e. The number of anilines is 1. The van der Waals surface area contributed by atoms with Crippen molar-refractivity contribution < 1.29 is 9.53 Å². The van der Waals surface area contributed by atoms with E-state index in [9.17, 15) is 4.79 Å². The van der Waals surface area contributed by atoms with E-state index in [-0.39, 0.29) is 12.0 Å². The number of benzene rings is 1. The number of aromatic nitrogens is 2. The van der Waals surface area contributed by atoms with Gasteiger partial charge >= 0.3 is 0 Å². The average Bonchev–Trinajstić information content (AvgIpc) is 3.22. The fourth-order valence-corrected chi connectivity index (χ4v) is 4.05. The predicted octanol–water partition coefficient (Wildman–Crippen LogP) is 2.68. The summed E-state index contributed by atoms with van der Waals surface area (Å²) in [5.74, 6) is 0.946. The van der Waals surface area contributed by atoms with Gasteiger partial charge < -0.3 is 14.5 Å². The number of amides is 1. The van der Waals surface area contributed by atoms with Crippen LogP contribution in [0.1, 0.15) is 12.6 Å². The minimum absolute atomic E-state index is 0.0377. The number of fused-ring (bicyclic) bond motifs is 2. The smallest absolute Gasteiger partial charge is 0.228 e. The molecule has 6 nitrogen and oxygen atoms in total. The molecule has 0 fully saturated rings. The van der Waals surface area contributed by atoms with Gasteiger partial charge in [-0.15, -0.1) is 11.3 Å². The van der Waals surface area contributed by atoms with Crippen molar-refractivity contribution in [2.75, 3.05) is 31.6 Å². The Morgan fingerprint density at radius 2 is 2.27 bits per heavy atom. The van der Waals surface area contributed by atoms with Crippen LogP contribution in [0.5, 0.6) is 5.75 Å². The van der Waals surface area contributed by atoms with Crippen molar-refractivity contribution in [3.8, 4) is 5.75 Å². The molecule has 0 saturated heterocycles. The monoisotopic (exact) mass is 370 g/mol. The van der Waals surface area contributed by atoms with E-state index in [2.05, 4.69) is 22.9 Å². The van der Waals surface area contributed by atoms with Crippen LogP contribution < -0.4 is 9.64 Å². The molecule has 3 aromatic rings. The maximum atomic E-state index is 12.6. The number of rotatable bonds is 5. The molecule has 1 amide bonds. The van der Waals surface area contributed by atoms with E-state index in [1.54, 1.807) is 16.2 Å². The molecule has 0 unspecified atom stereocenters. The molecule has 1 atom stereocenters. The van der Waals surface area contributed by atoms with E-state index in [0.29, 0.717) is 13.0 Å². The van der Waals surface area contributed by atoms with Gasteiger partial charge in [0.1, 0.15) is 11.9 Å². The summed E-state index contributed by atoms with van der Waals surface area (Å²) in [6, 6.07) is 8.07. The minimum atomic E-state index is -0.0377. The number of carbonyl (C=O) groups is 1. The molecule has 0 radical (unpaired) electrons. The lowest BCUT2D eigenvalue weighted by atomic mass is 10.1. The van der Waals surface area contributed by atoms with Crippen LogP contribution in [0.3, 0.4) is 0 Å². The van der Waals surface area contributed by atoms with E-state index < -0.39 is 0 Å². The summed E-state index contributed by atoms with van der Waals surface area (Å²) in [5.41, 5.74) is 1.93. The van der Waals surface area contributed by atoms with Crippen molar-refractivity contribution in [2.45, 2.75) is 19.4 Å². The third kappa shape index (κ3) is 3.26. The normalized spacial score (nSPS) is 16.4. The van der Waals surface area contributed by atoms with E-state index in [4.69, 9.17) is 4.74 Å². The highest BCUT2D eigenvalue weighted by Crippen LogP contribution is 2.32. The summed E-state index contributed by atoms with van der Waals surface area (Å²) in [4.78, 5) is 22.0. The van der Waals surface area contributed by atoms with Crippen LogP contribution in [0.2, 0.25) is 0 Å². The summed E-state index contributed by atoms with van der Waals surface area (Å²) in [6.07, 6.45) is 4.15. The Hall–Kier alpha value is -2.54. The zero-order valence-electron chi connectivity index (χ0n) is 15.0. The number of imidazole rings is 1. The van der Waals surface area contributed by atoms with E-state index in [0.717, 1.165) is 35.2 Å². The van der Waals surface area contributed by atoms with Gasteiger partial charge in [0.05, 0.1) is 30.9 Å². The van der Waals surface area contributed by atoms with Gasteiger partial charge in [-0.25, -0.2) is 4.98 Å². The molecule has 7 heteroatoms. The average molecular weight is 370 g/mol. The van der Waals surface area contributed by atoms with Gasteiger partial charge in [-0.2, -0.15) is 0 Å². The second-order valence-corrected chi connectivity index (χ2v) is 7.40. The number of hydrogen-bond donors (Lipinski definition) is 0. The second kappa shape index (κ2) is 6.99. The van der Waals surface area contributed by atoms with Gasteiger partial charge in [-0.1, -0.05) is 12.1 Å². The first-order valence-corrected chi connectivity index (χ1v) is 9.67. The number of nitrogens with zero attached hydrogens (tertiary/aromatic N) is 4. The Balaban J connectivity index is 1.40. The van der Waals surface area contributed by atoms with Crippen LogP contribution in [-0.2, 0) is 11.2 Å². The predicted molar refractivity (Wildman–Crippen MR) is 103 cm³/mol. The van der Waals surface area contributed by atoms with Crippen LogP contribution in [0.25, 0.3) is 4.96 Å². The van der Waals surface area contributed by atoms with Crippen molar-refractivity contribution in [1.29, 1.82) is 0 Å². The van der Waals surface area contributed by atoms with Crippen LogP contribution in [-0.4, -0.2) is 53.0 Å². The highest BCUT2D eigenvalue weighted by Gasteiger charge is 2.26. The molecular formula is C19H22N4O2S. The van der Waals surface area contributed by atoms with Crippen molar-refractivity contribution in [3.63, 3.8) is 0 Å². The van der Waals surface area contributed by atoms with Gasteiger partial charge in [0.15, 0.2) is 4.96 Å². The third-order valence-electron chi connectivity index (χ3n) is 4.68. The molecule has 1 aliphatic rings. The topological polar surface area (TPSA) is 50.1 Å². The lowest BCUT2D eigenvalue weighted by Gasteiger charge is -2.37. The highest BCUT2D eigenvalue weighted by molar-refractivity contribution is 7.15. The molecule has 0 saturated carbocycles. The van der Waals surface area contributed by atoms with Crippen LogP contribution in [0.4, 0.5) is 5.69 Å². The van der Waals surface area contributed by atoms with Gasteiger partial charge in [0.25, 0.3) is 0 Å². The molecule has 1 aromatic carbocycles. The number of hydrogen-bond acceptors (Lipinski definition) is 5. The molecule has 3 heterocycles. The Kier molecular flexibility index (Phi) is 4.55. The molecule has 4 rings (SSSR count). The van der Waals surface area contributed by atoms with E-state index in [1.165, 1.54) is 0 Å². The summed E-state index contributed by atoms with van der Waals surface area (Å²) in [5, 5.41) is 1.98. The Morgan fingerprint density at radius 3 is 3.08 bits per heavy atom. The quantitative estimate of drug-likeness (QED) is 0.693. The first-order chi connectivity index (χ1) is 12.6. The lowest BCUT2D eigenvalue weighted by Crippen LogP contribution is -2.47.